The second-order valence-corrected chi connectivity index (χ2v) is 7.12. The van der Waals surface area contributed by atoms with Crippen molar-refractivity contribution in [1.82, 2.24) is 9.55 Å². The first-order valence-electron chi connectivity index (χ1n) is 6.42. The fourth-order valence-electron chi connectivity index (χ4n) is 3.21. The second kappa shape index (κ2) is 4.11. The molecule has 4 heteroatoms. The molecule has 2 aromatic rings. The van der Waals surface area contributed by atoms with Crippen LogP contribution in [0.3, 0.4) is 0 Å². The molecule has 1 aromatic heterocycles. The molecule has 0 aliphatic heterocycles. The van der Waals surface area contributed by atoms with Crippen LogP contribution in [-0.2, 0) is 0 Å². The van der Waals surface area contributed by atoms with Gasteiger partial charge in [0.25, 0.3) is 0 Å². The molecule has 1 aliphatic carbocycles. The van der Waals surface area contributed by atoms with Crippen LogP contribution in [0.4, 0.5) is 5.95 Å². The maximum Gasteiger partial charge on any atom is 0.201 e. The topological polar surface area (TPSA) is 43.8 Å². The number of hydrogen-bond acceptors (Lipinski definition) is 2. The summed E-state index contributed by atoms with van der Waals surface area (Å²) in [5.74, 6) is 0.659. The van der Waals surface area contributed by atoms with Gasteiger partial charge >= 0.3 is 0 Å². The number of hydrogen-bond donors (Lipinski definition) is 1. The van der Waals surface area contributed by atoms with E-state index in [9.17, 15) is 0 Å². The van der Waals surface area contributed by atoms with E-state index in [1.165, 1.54) is 28.3 Å². The van der Waals surface area contributed by atoms with Crippen LogP contribution in [0.2, 0.25) is 0 Å². The number of anilines is 1. The Labute approximate surface area is 121 Å². The number of nitrogens with zero attached hydrogens (tertiary/aromatic N) is 2. The van der Waals surface area contributed by atoms with Crippen LogP contribution in [0.25, 0.3) is 11.0 Å². The summed E-state index contributed by atoms with van der Waals surface area (Å²) in [6.07, 6.45) is 3.75. The molecule has 3 rings (SSSR count). The molecule has 1 aliphatic rings. The van der Waals surface area contributed by atoms with Crippen molar-refractivity contribution in [2.24, 2.45) is 5.41 Å². The summed E-state index contributed by atoms with van der Waals surface area (Å²) in [6.45, 7) is 4.67. The highest BCUT2D eigenvalue weighted by molar-refractivity contribution is 14.1. The molecule has 2 N–H and O–H groups in total. The first kappa shape index (κ1) is 12.3. The summed E-state index contributed by atoms with van der Waals surface area (Å²) >= 11 is 2.31. The number of imidazole rings is 1. The Bertz CT molecular complexity index is 600. The third kappa shape index (κ3) is 1.81. The minimum absolute atomic E-state index is 0.310. The molecule has 1 aromatic carbocycles. The van der Waals surface area contributed by atoms with Crippen LogP contribution in [0, 0.1) is 8.99 Å². The number of halogens is 1. The Balaban J connectivity index is 2.20. The standard InChI is InChI=1S/C14H18IN3/c1-14(2)7-3-4-12(14)18-11-6-5-9(15)8-10(11)17-13(18)16/h5-6,8,12H,3-4,7H2,1-2H3,(H2,16,17). The van der Waals surface area contributed by atoms with Crippen molar-refractivity contribution in [3.05, 3.63) is 21.8 Å². The molecule has 0 spiro atoms. The van der Waals surface area contributed by atoms with Crippen LogP contribution < -0.4 is 5.73 Å². The monoisotopic (exact) mass is 355 g/mol. The Morgan fingerprint density at radius 2 is 2.22 bits per heavy atom. The van der Waals surface area contributed by atoms with E-state index in [1.54, 1.807) is 0 Å². The van der Waals surface area contributed by atoms with Crippen molar-refractivity contribution in [3.8, 4) is 0 Å². The molecule has 0 radical (unpaired) electrons. The highest BCUT2D eigenvalue weighted by Crippen LogP contribution is 2.47. The highest BCUT2D eigenvalue weighted by Gasteiger charge is 2.37. The van der Waals surface area contributed by atoms with Gasteiger partial charge in [-0.15, -0.1) is 0 Å². The van der Waals surface area contributed by atoms with E-state index >= 15 is 0 Å². The van der Waals surface area contributed by atoms with E-state index in [0.717, 1.165) is 5.52 Å². The first-order valence-corrected chi connectivity index (χ1v) is 7.50. The summed E-state index contributed by atoms with van der Waals surface area (Å²) in [5.41, 5.74) is 8.65. The van der Waals surface area contributed by atoms with Crippen LogP contribution in [0.1, 0.15) is 39.2 Å². The Hall–Kier alpha value is -0.780. The van der Waals surface area contributed by atoms with Gasteiger partial charge < -0.3 is 10.3 Å². The van der Waals surface area contributed by atoms with E-state index in [-0.39, 0.29) is 0 Å². The fraction of sp³-hybridized carbons (Fsp3) is 0.500. The van der Waals surface area contributed by atoms with E-state index in [2.05, 4.69) is 64.2 Å². The quantitative estimate of drug-likeness (QED) is 0.787. The number of fused-ring (bicyclic) bond motifs is 1. The lowest BCUT2D eigenvalue weighted by atomic mass is 9.87. The number of nitrogens with two attached hydrogens (primary N) is 1. The third-order valence-corrected chi connectivity index (χ3v) is 4.86. The molecule has 1 unspecified atom stereocenters. The lowest BCUT2D eigenvalue weighted by molar-refractivity contribution is 0.268. The number of nitrogen functional groups attached to an aromatic ring is 1. The van der Waals surface area contributed by atoms with Crippen molar-refractivity contribution in [2.75, 3.05) is 5.73 Å². The van der Waals surface area contributed by atoms with Crippen molar-refractivity contribution in [2.45, 2.75) is 39.2 Å². The smallest absolute Gasteiger partial charge is 0.201 e. The molecule has 1 heterocycles. The van der Waals surface area contributed by atoms with Gasteiger partial charge in [-0.25, -0.2) is 4.98 Å². The average molecular weight is 355 g/mol. The van der Waals surface area contributed by atoms with Crippen LogP contribution in [0.15, 0.2) is 18.2 Å². The number of benzene rings is 1. The van der Waals surface area contributed by atoms with Crippen molar-refractivity contribution in [3.63, 3.8) is 0 Å². The molecular weight excluding hydrogens is 337 g/mol. The van der Waals surface area contributed by atoms with Gasteiger partial charge in [0.05, 0.1) is 11.0 Å². The summed E-state index contributed by atoms with van der Waals surface area (Å²) in [7, 11) is 0. The zero-order valence-corrected chi connectivity index (χ0v) is 12.9. The van der Waals surface area contributed by atoms with Crippen molar-refractivity contribution >= 4 is 39.6 Å². The summed E-state index contributed by atoms with van der Waals surface area (Å²) in [4.78, 5) is 4.52. The molecule has 1 atom stereocenters. The molecule has 1 fully saturated rings. The van der Waals surface area contributed by atoms with Crippen LogP contribution >= 0.6 is 22.6 Å². The van der Waals surface area contributed by atoms with E-state index < -0.39 is 0 Å². The number of rotatable bonds is 1. The van der Waals surface area contributed by atoms with E-state index in [4.69, 9.17) is 5.73 Å². The average Bonchev–Trinajstić information content (AvgIpc) is 2.76. The zero-order valence-electron chi connectivity index (χ0n) is 10.8. The van der Waals surface area contributed by atoms with Gasteiger partial charge in [0.2, 0.25) is 5.95 Å². The summed E-state index contributed by atoms with van der Waals surface area (Å²) in [5, 5.41) is 0. The predicted octanol–water partition coefficient (Wildman–Crippen LogP) is 3.97. The van der Waals surface area contributed by atoms with Crippen molar-refractivity contribution in [1.29, 1.82) is 0 Å². The lowest BCUT2D eigenvalue weighted by Crippen LogP contribution is -2.22. The SMILES string of the molecule is CC1(C)CCCC1n1c(N)nc2cc(I)ccc21. The predicted molar refractivity (Wildman–Crippen MR) is 83.5 cm³/mol. The minimum atomic E-state index is 0.310. The fourth-order valence-corrected chi connectivity index (χ4v) is 3.68. The lowest BCUT2D eigenvalue weighted by Gasteiger charge is -2.29. The van der Waals surface area contributed by atoms with Crippen LogP contribution in [-0.4, -0.2) is 9.55 Å². The Morgan fingerprint density at radius 1 is 1.44 bits per heavy atom. The third-order valence-electron chi connectivity index (χ3n) is 4.19. The molecule has 18 heavy (non-hydrogen) atoms. The molecule has 0 bridgehead atoms. The molecule has 0 saturated heterocycles. The summed E-state index contributed by atoms with van der Waals surface area (Å²) < 4.78 is 3.45. The normalized spacial score (nSPS) is 22.7. The van der Waals surface area contributed by atoms with Gasteiger partial charge in [0, 0.05) is 9.61 Å². The highest BCUT2D eigenvalue weighted by atomic mass is 127. The van der Waals surface area contributed by atoms with Gasteiger partial charge in [-0.2, -0.15) is 0 Å². The largest absolute Gasteiger partial charge is 0.369 e. The van der Waals surface area contributed by atoms with Gasteiger partial charge in [-0.3, -0.25) is 0 Å². The second-order valence-electron chi connectivity index (χ2n) is 5.87. The van der Waals surface area contributed by atoms with Gasteiger partial charge in [-0.1, -0.05) is 20.3 Å². The zero-order chi connectivity index (χ0) is 12.9. The summed E-state index contributed by atoms with van der Waals surface area (Å²) in [6, 6.07) is 6.85. The van der Waals surface area contributed by atoms with Gasteiger partial charge in [-0.05, 0) is 59.0 Å². The van der Waals surface area contributed by atoms with Gasteiger partial charge in [0.15, 0.2) is 0 Å². The van der Waals surface area contributed by atoms with E-state index in [0.29, 0.717) is 17.4 Å². The maximum atomic E-state index is 6.15. The molecule has 0 amide bonds. The number of aromatic nitrogens is 2. The molecular formula is C14H18IN3. The van der Waals surface area contributed by atoms with Crippen molar-refractivity contribution < 1.29 is 0 Å². The molecule has 96 valence electrons. The molecule has 1 saturated carbocycles. The molecule has 3 nitrogen and oxygen atoms in total. The maximum absolute atomic E-state index is 6.15. The Kier molecular flexibility index (Phi) is 2.80. The first-order chi connectivity index (χ1) is 8.49. The van der Waals surface area contributed by atoms with E-state index in [1.807, 2.05) is 0 Å². The minimum Gasteiger partial charge on any atom is -0.369 e. The Morgan fingerprint density at radius 3 is 2.89 bits per heavy atom. The van der Waals surface area contributed by atoms with Crippen LogP contribution in [0.5, 0.6) is 0 Å². The van der Waals surface area contributed by atoms with Gasteiger partial charge in [0.1, 0.15) is 0 Å².